The van der Waals surface area contributed by atoms with Gasteiger partial charge in [0, 0.05) is 38.4 Å². The minimum absolute atomic E-state index is 0.243. The maximum atomic E-state index is 6.36. The van der Waals surface area contributed by atoms with Crippen molar-refractivity contribution in [1.29, 1.82) is 0 Å². The van der Waals surface area contributed by atoms with Crippen LogP contribution >= 0.6 is 0 Å². The van der Waals surface area contributed by atoms with Crippen LogP contribution in [0.5, 0.6) is 0 Å². The highest BCUT2D eigenvalue weighted by molar-refractivity contribution is 6.09. The third-order valence-electron chi connectivity index (χ3n) is 11.8. The monoisotopic (exact) mass is 728 g/mol. The quantitative estimate of drug-likeness (QED) is 0.171. The zero-order valence-corrected chi connectivity index (χ0v) is 31.4. The normalized spacial score (nSPS) is 12.8. The number of furan rings is 1. The van der Waals surface area contributed by atoms with E-state index in [-0.39, 0.29) is 5.41 Å². The molecule has 57 heavy (non-hydrogen) atoms. The van der Waals surface area contributed by atoms with E-state index in [9.17, 15) is 0 Å². The number of hydrogen-bond acceptors (Lipinski definition) is 3. The molecule has 2 aromatic heterocycles. The van der Waals surface area contributed by atoms with E-state index < -0.39 is 0 Å². The topological polar surface area (TPSA) is 38.9 Å². The van der Waals surface area contributed by atoms with Gasteiger partial charge in [-0.3, -0.25) is 0 Å². The number of aromatic nitrogens is 2. The Kier molecular flexibility index (Phi) is 7.61. The molecule has 1 aliphatic rings. The molecule has 3 heteroatoms. The van der Waals surface area contributed by atoms with Crippen molar-refractivity contribution in [3.05, 3.63) is 217 Å². The molecular weight excluding hydrogens is 693 g/mol. The van der Waals surface area contributed by atoms with E-state index >= 15 is 0 Å². The number of para-hydroxylation sites is 2. The van der Waals surface area contributed by atoms with Gasteiger partial charge in [0.15, 0.2) is 5.82 Å². The van der Waals surface area contributed by atoms with Gasteiger partial charge in [0.05, 0.1) is 11.4 Å². The van der Waals surface area contributed by atoms with Crippen LogP contribution in [0, 0.1) is 0 Å². The average molecular weight is 729 g/mol. The Morgan fingerprint density at radius 3 is 1.61 bits per heavy atom. The highest BCUT2D eigenvalue weighted by Gasteiger charge is 2.40. The van der Waals surface area contributed by atoms with Gasteiger partial charge >= 0.3 is 0 Å². The maximum Gasteiger partial charge on any atom is 0.160 e. The largest absolute Gasteiger partial charge is 0.455 e. The molecule has 8 aromatic carbocycles. The molecule has 0 saturated carbocycles. The van der Waals surface area contributed by atoms with Crippen LogP contribution in [0.2, 0.25) is 0 Å². The fourth-order valence-electron chi connectivity index (χ4n) is 8.86. The Hall–Kier alpha value is -7.36. The summed E-state index contributed by atoms with van der Waals surface area (Å²) >= 11 is 0. The van der Waals surface area contributed by atoms with Gasteiger partial charge in [0.2, 0.25) is 0 Å². The van der Waals surface area contributed by atoms with Gasteiger partial charge in [-0.25, -0.2) is 9.97 Å². The lowest BCUT2D eigenvalue weighted by molar-refractivity contribution is 0.670. The van der Waals surface area contributed by atoms with Crippen molar-refractivity contribution in [3.8, 4) is 67.3 Å². The van der Waals surface area contributed by atoms with Gasteiger partial charge in [-0.2, -0.15) is 0 Å². The van der Waals surface area contributed by atoms with Crippen molar-refractivity contribution in [2.75, 3.05) is 0 Å². The summed E-state index contributed by atoms with van der Waals surface area (Å²) in [6.45, 7) is 2.37. The van der Waals surface area contributed by atoms with Gasteiger partial charge in [-0.05, 0) is 69.6 Å². The van der Waals surface area contributed by atoms with Crippen LogP contribution in [0.15, 0.2) is 205 Å². The van der Waals surface area contributed by atoms with E-state index in [1.807, 2.05) is 30.3 Å². The van der Waals surface area contributed by atoms with E-state index in [1.165, 1.54) is 33.4 Å². The molecule has 1 aliphatic carbocycles. The number of benzene rings is 8. The first kappa shape index (κ1) is 33.0. The van der Waals surface area contributed by atoms with Crippen molar-refractivity contribution >= 4 is 21.9 Å². The van der Waals surface area contributed by atoms with Crippen LogP contribution in [0.3, 0.4) is 0 Å². The molecule has 0 bridgehead atoms. The Morgan fingerprint density at radius 2 is 0.912 bits per heavy atom. The minimum Gasteiger partial charge on any atom is -0.455 e. The number of hydrogen-bond donors (Lipinski definition) is 0. The SMILES string of the molecule is CC1(c2cccc(-c3ccc(-c4cc(-c5ccc(-c6cccc7c6oc6ccccc67)cc5)nc(-c5ccccc5)n4)cc3)c2)c2ccccc2-c2ccccc21. The maximum absolute atomic E-state index is 6.36. The number of nitrogens with zero attached hydrogens (tertiary/aromatic N) is 2. The first-order valence-electron chi connectivity index (χ1n) is 19.5. The lowest BCUT2D eigenvalue weighted by atomic mass is 9.74. The Balaban J connectivity index is 0.948. The van der Waals surface area contributed by atoms with E-state index in [2.05, 4.69) is 177 Å². The van der Waals surface area contributed by atoms with Gasteiger partial charge < -0.3 is 4.42 Å². The van der Waals surface area contributed by atoms with Gasteiger partial charge in [0.1, 0.15) is 11.2 Å². The van der Waals surface area contributed by atoms with Crippen LogP contribution in [-0.2, 0) is 5.41 Å². The summed E-state index contributed by atoms with van der Waals surface area (Å²) in [4.78, 5) is 10.2. The summed E-state index contributed by atoms with van der Waals surface area (Å²) in [6, 6.07) is 71.0. The highest BCUT2D eigenvalue weighted by atomic mass is 16.3. The van der Waals surface area contributed by atoms with Crippen molar-refractivity contribution in [1.82, 2.24) is 9.97 Å². The lowest BCUT2D eigenvalue weighted by Crippen LogP contribution is -2.22. The summed E-state index contributed by atoms with van der Waals surface area (Å²) in [5.41, 5.74) is 17.5. The van der Waals surface area contributed by atoms with Crippen molar-refractivity contribution < 1.29 is 4.42 Å². The predicted molar refractivity (Wildman–Crippen MR) is 234 cm³/mol. The molecule has 3 nitrogen and oxygen atoms in total. The number of fused-ring (bicyclic) bond motifs is 6. The fraction of sp³-hybridized carbons (Fsp3) is 0.0370. The van der Waals surface area contributed by atoms with Gasteiger partial charge in [0.25, 0.3) is 0 Å². The zero-order valence-electron chi connectivity index (χ0n) is 31.4. The molecule has 0 aliphatic heterocycles. The standard InChI is InChI=1S/C54H36N2O/c1-54(47-22-8-5-17-43(47)44-18-6-9-23-48(44)54)41-16-11-15-40(33-41)35-25-29-37(30-26-35)49-34-50(56-53(55-49)39-13-3-2-4-14-39)38-31-27-36(28-32-38)42-20-12-21-46-45-19-7-10-24-51(45)57-52(42)46/h2-34H,1H3. The molecule has 0 fully saturated rings. The Labute approximate surface area is 331 Å². The Morgan fingerprint density at radius 1 is 0.386 bits per heavy atom. The highest BCUT2D eigenvalue weighted by Crippen LogP contribution is 2.52. The second kappa shape index (κ2) is 13.1. The molecule has 2 heterocycles. The van der Waals surface area contributed by atoms with Crippen LogP contribution in [-0.4, -0.2) is 9.97 Å². The summed E-state index contributed by atoms with van der Waals surface area (Å²) in [7, 11) is 0. The van der Waals surface area contributed by atoms with Crippen LogP contribution in [0.25, 0.3) is 89.2 Å². The fourth-order valence-corrected chi connectivity index (χ4v) is 8.86. The molecule has 268 valence electrons. The van der Waals surface area contributed by atoms with Gasteiger partial charge in [-0.1, -0.05) is 182 Å². The molecular formula is C54H36N2O. The summed E-state index contributed by atoms with van der Waals surface area (Å²) in [5.74, 6) is 0.696. The molecule has 10 aromatic rings. The average Bonchev–Trinajstić information content (AvgIpc) is 3.80. The second-order valence-corrected chi connectivity index (χ2v) is 15.1. The second-order valence-electron chi connectivity index (χ2n) is 15.1. The summed E-state index contributed by atoms with van der Waals surface area (Å²) in [5, 5.41) is 2.25. The molecule has 0 atom stereocenters. The molecule has 0 amide bonds. The van der Waals surface area contributed by atoms with Crippen LogP contribution in [0.1, 0.15) is 23.6 Å². The predicted octanol–water partition coefficient (Wildman–Crippen LogP) is 14.0. The molecule has 0 saturated heterocycles. The van der Waals surface area contributed by atoms with E-state index in [0.29, 0.717) is 5.82 Å². The van der Waals surface area contributed by atoms with Crippen LogP contribution in [0.4, 0.5) is 0 Å². The molecule has 11 rings (SSSR count). The number of rotatable bonds is 6. The van der Waals surface area contributed by atoms with E-state index in [1.54, 1.807) is 0 Å². The molecule has 0 N–H and O–H groups in total. The van der Waals surface area contributed by atoms with E-state index in [4.69, 9.17) is 14.4 Å². The first-order chi connectivity index (χ1) is 28.1. The lowest BCUT2D eigenvalue weighted by Gasteiger charge is -2.28. The van der Waals surface area contributed by atoms with Crippen LogP contribution < -0.4 is 0 Å². The first-order valence-corrected chi connectivity index (χ1v) is 19.5. The smallest absolute Gasteiger partial charge is 0.160 e. The Bertz CT molecular complexity index is 3080. The minimum atomic E-state index is -0.243. The summed E-state index contributed by atoms with van der Waals surface area (Å²) < 4.78 is 6.36. The van der Waals surface area contributed by atoms with E-state index in [0.717, 1.165) is 66.7 Å². The third kappa shape index (κ3) is 5.43. The molecule has 0 spiro atoms. The van der Waals surface area contributed by atoms with Gasteiger partial charge in [-0.15, -0.1) is 0 Å². The molecule has 0 unspecified atom stereocenters. The van der Waals surface area contributed by atoms with Crippen molar-refractivity contribution in [3.63, 3.8) is 0 Å². The molecule has 0 radical (unpaired) electrons. The zero-order chi connectivity index (χ0) is 37.9. The van der Waals surface area contributed by atoms with Crippen molar-refractivity contribution in [2.45, 2.75) is 12.3 Å². The van der Waals surface area contributed by atoms with Crippen molar-refractivity contribution in [2.24, 2.45) is 0 Å². The third-order valence-corrected chi connectivity index (χ3v) is 11.8. The summed E-state index contributed by atoms with van der Waals surface area (Å²) in [6.07, 6.45) is 0.